The maximum atomic E-state index is 13.2. The molecule has 11 nitrogen and oxygen atoms in total. The van der Waals surface area contributed by atoms with Crippen LogP contribution in [0.15, 0.2) is 66.2 Å². The van der Waals surface area contributed by atoms with Crippen molar-refractivity contribution in [3.05, 3.63) is 88.2 Å². The molecule has 11 heteroatoms. The number of carbonyl (C=O) groups excluding carboxylic acids is 2. The van der Waals surface area contributed by atoms with E-state index in [1.54, 1.807) is 47.8 Å². The molecule has 0 atom stereocenters. The number of carbonyl (C=O) groups is 2. The van der Waals surface area contributed by atoms with Crippen LogP contribution in [0.5, 0.6) is 0 Å². The van der Waals surface area contributed by atoms with Gasteiger partial charge in [0.25, 0.3) is 5.91 Å². The monoisotopic (exact) mass is 491 g/mol. The molecule has 0 unspecified atom stereocenters. The van der Waals surface area contributed by atoms with Gasteiger partial charge in [-0.2, -0.15) is 5.26 Å². The van der Waals surface area contributed by atoms with E-state index in [4.69, 9.17) is 10.8 Å². The number of rotatable bonds is 4. The number of likely N-dealkylation sites (N-methyl/N-ethyl adjacent to an activating group) is 1. The molecule has 1 aliphatic heterocycles. The second kappa shape index (κ2) is 9.91. The molecule has 2 aromatic carbocycles. The summed E-state index contributed by atoms with van der Waals surface area (Å²) in [7, 11) is 1.99. The van der Waals surface area contributed by atoms with Crippen LogP contribution in [0.2, 0.25) is 0 Å². The van der Waals surface area contributed by atoms with E-state index in [0.29, 0.717) is 35.6 Å². The average Bonchev–Trinajstić information content (AvgIpc) is 3.36. The van der Waals surface area contributed by atoms with Crippen molar-refractivity contribution in [2.75, 3.05) is 33.2 Å². The van der Waals surface area contributed by atoms with Gasteiger partial charge in [-0.25, -0.2) is 4.98 Å². The van der Waals surface area contributed by atoms with E-state index in [1.165, 1.54) is 6.07 Å². The summed E-state index contributed by atoms with van der Waals surface area (Å²) in [6.07, 6.45) is 5.12. The topological polar surface area (TPSA) is 143 Å². The first kappa shape index (κ1) is 23.7. The predicted molar refractivity (Wildman–Crippen MR) is 135 cm³/mol. The minimum Gasteiger partial charge on any atom is -0.336 e. The number of amides is 2. The van der Waals surface area contributed by atoms with Crippen LogP contribution >= 0.6 is 0 Å². The van der Waals surface area contributed by atoms with E-state index < -0.39 is 5.91 Å². The van der Waals surface area contributed by atoms with E-state index in [9.17, 15) is 9.59 Å². The highest BCUT2D eigenvalue weighted by atomic mass is 16.2. The molecule has 0 bridgehead atoms. The van der Waals surface area contributed by atoms with Crippen molar-refractivity contribution in [3.63, 3.8) is 0 Å². The lowest BCUT2D eigenvalue weighted by Crippen LogP contribution is -2.47. The molecule has 0 spiro atoms. The van der Waals surface area contributed by atoms with Crippen molar-refractivity contribution in [3.8, 4) is 28.6 Å². The number of piperazine rings is 1. The summed E-state index contributed by atoms with van der Waals surface area (Å²) < 4.78 is 1.86. The van der Waals surface area contributed by atoms with Crippen molar-refractivity contribution in [1.82, 2.24) is 24.2 Å². The Morgan fingerprint density at radius 1 is 1.00 bits per heavy atom. The molecule has 3 heterocycles. The third-order valence-corrected chi connectivity index (χ3v) is 6.41. The summed E-state index contributed by atoms with van der Waals surface area (Å²) in [6, 6.07) is 14.1. The van der Waals surface area contributed by atoms with Crippen LogP contribution in [0, 0.1) is 11.3 Å². The average molecular weight is 492 g/mol. The molecule has 0 aliphatic carbocycles. The summed E-state index contributed by atoms with van der Waals surface area (Å²) in [5.41, 5.74) is 13.0. The number of benzene rings is 2. The fourth-order valence-corrected chi connectivity index (χ4v) is 4.31. The molecule has 2 amide bonds. The molecule has 0 radical (unpaired) electrons. The van der Waals surface area contributed by atoms with E-state index in [2.05, 4.69) is 31.0 Å². The highest BCUT2D eigenvalue weighted by Crippen LogP contribution is 2.26. The summed E-state index contributed by atoms with van der Waals surface area (Å²) in [4.78, 5) is 41.3. The van der Waals surface area contributed by atoms with Crippen molar-refractivity contribution < 1.29 is 9.59 Å². The lowest BCUT2D eigenvalue weighted by Gasteiger charge is -2.32. The molecule has 4 aromatic rings. The Balaban J connectivity index is 1.55. The second-order valence-corrected chi connectivity index (χ2v) is 8.68. The van der Waals surface area contributed by atoms with Gasteiger partial charge in [0.05, 0.1) is 41.0 Å². The number of fused-ring (bicyclic) bond motifs is 1. The normalized spacial score (nSPS) is 13.7. The number of imidazole rings is 1. The van der Waals surface area contributed by atoms with Crippen LogP contribution in [-0.2, 0) is 0 Å². The minimum atomic E-state index is -0.830. The fraction of sp³-hybridized carbons (Fsp3) is 0.192. The van der Waals surface area contributed by atoms with Crippen LogP contribution in [0.4, 0.5) is 0 Å². The zero-order chi connectivity index (χ0) is 25.9. The van der Waals surface area contributed by atoms with E-state index >= 15 is 0 Å². The number of hydrogen-bond acceptors (Lipinski definition) is 6. The van der Waals surface area contributed by atoms with Gasteiger partial charge in [0.15, 0.2) is 5.65 Å². The van der Waals surface area contributed by atoms with Crippen molar-refractivity contribution in [1.29, 1.82) is 5.26 Å². The number of nitriles is 1. The van der Waals surface area contributed by atoms with Crippen molar-refractivity contribution in [2.45, 2.75) is 0 Å². The molecule has 1 fully saturated rings. The summed E-state index contributed by atoms with van der Waals surface area (Å²) >= 11 is 0. The highest BCUT2D eigenvalue weighted by Gasteiger charge is 2.25. The van der Waals surface area contributed by atoms with Crippen molar-refractivity contribution >= 4 is 17.5 Å². The molecular weight excluding hydrogens is 470 g/mol. The Labute approximate surface area is 211 Å². The van der Waals surface area contributed by atoms with E-state index in [0.717, 1.165) is 24.3 Å². The maximum Gasteiger partial charge on any atom is 0.254 e. The lowest BCUT2D eigenvalue weighted by atomic mass is 10.0. The predicted octanol–water partition coefficient (Wildman–Crippen LogP) is 3.77. The third kappa shape index (κ3) is 4.62. The standard InChI is InChI=1S/C26H21N9O2/c1-33-8-10-34(11-9-33)26(37)20-7-6-19(12-21(20)25(36)31-32-28)22-16-35-23(14-30-24(35)15-29-22)18-4-2-17(13-27)3-5-18/h2-7,12,14-16H,8-11H2,1H3. The fourth-order valence-electron chi connectivity index (χ4n) is 4.31. The zero-order valence-electron chi connectivity index (χ0n) is 19.9. The molecule has 182 valence electrons. The summed E-state index contributed by atoms with van der Waals surface area (Å²) in [5.74, 6) is -1.11. The first-order valence-electron chi connectivity index (χ1n) is 11.5. The number of nitrogens with zero attached hydrogens (tertiary/aromatic N) is 9. The molecule has 0 N–H and O–H groups in total. The van der Waals surface area contributed by atoms with Gasteiger partial charge < -0.3 is 9.80 Å². The van der Waals surface area contributed by atoms with Gasteiger partial charge in [0.1, 0.15) is 0 Å². The Hall–Kier alpha value is -5.04. The molecule has 2 aromatic heterocycles. The molecule has 0 saturated carbocycles. The third-order valence-electron chi connectivity index (χ3n) is 6.41. The lowest BCUT2D eigenvalue weighted by molar-refractivity contribution is 0.0660. The van der Waals surface area contributed by atoms with Gasteiger partial charge in [-0.05, 0) is 42.0 Å². The van der Waals surface area contributed by atoms with Crippen LogP contribution in [0.3, 0.4) is 0 Å². The van der Waals surface area contributed by atoms with Crippen LogP contribution in [0.1, 0.15) is 26.3 Å². The highest BCUT2D eigenvalue weighted by molar-refractivity contribution is 6.08. The van der Waals surface area contributed by atoms with Gasteiger partial charge in [-0.15, -0.1) is 0 Å². The van der Waals surface area contributed by atoms with Gasteiger partial charge in [-0.3, -0.25) is 19.0 Å². The molecule has 5 rings (SSSR count). The Morgan fingerprint density at radius 2 is 1.73 bits per heavy atom. The molecule has 37 heavy (non-hydrogen) atoms. The Morgan fingerprint density at radius 3 is 2.43 bits per heavy atom. The minimum absolute atomic E-state index is 0.0269. The summed E-state index contributed by atoms with van der Waals surface area (Å²) in [5, 5.41) is 12.3. The van der Waals surface area contributed by atoms with Gasteiger partial charge in [0, 0.05) is 54.0 Å². The first-order valence-corrected chi connectivity index (χ1v) is 11.5. The van der Waals surface area contributed by atoms with E-state index in [1.807, 2.05) is 23.6 Å². The van der Waals surface area contributed by atoms with Crippen LogP contribution in [0.25, 0.3) is 38.6 Å². The second-order valence-electron chi connectivity index (χ2n) is 8.68. The molecule has 1 aliphatic rings. The number of azide groups is 1. The van der Waals surface area contributed by atoms with Gasteiger partial charge in [-0.1, -0.05) is 18.2 Å². The quantitative estimate of drug-likeness (QED) is 0.241. The summed E-state index contributed by atoms with van der Waals surface area (Å²) in [6.45, 7) is 2.56. The largest absolute Gasteiger partial charge is 0.336 e. The SMILES string of the molecule is CN1CCN(C(=O)c2ccc(-c3cn4c(-c5ccc(C#N)cc5)cnc4cn3)cc2C(=O)N=[N+]=[N-])CC1. The molecule has 1 saturated heterocycles. The van der Waals surface area contributed by atoms with Crippen LogP contribution in [-0.4, -0.2) is 69.2 Å². The first-order chi connectivity index (χ1) is 18.0. The van der Waals surface area contributed by atoms with Crippen molar-refractivity contribution in [2.24, 2.45) is 5.11 Å². The maximum absolute atomic E-state index is 13.2. The van der Waals surface area contributed by atoms with E-state index in [-0.39, 0.29) is 17.0 Å². The molecular formula is C26H21N9O2. The Kier molecular flexibility index (Phi) is 6.34. The van der Waals surface area contributed by atoms with Gasteiger partial charge >= 0.3 is 0 Å². The number of hydrogen-bond donors (Lipinski definition) is 0. The number of aromatic nitrogens is 3. The smallest absolute Gasteiger partial charge is 0.254 e. The zero-order valence-corrected chi connectivity index (χ0v) is 19.9. The van der Waals surface area contributed by atoms with Gasteiger partial charge in [0.2, 0.25) is 5.91 Å². The Bertz CT molecular complexity index is 1600. The van der Waals surface area contributed by atoms with Crippen LogP contribution < -0.4 is 0 Å².